The highest BCUT2D eigenvalue weighted by Crippen LogP contribution is 2.38. The van der Waals surface area contributed by atoms with E-state index < -0.39 is 0 Å². The summed E-state index contributed by atoms with van der Waals surface area (Å²) in [5.41, 5.74) is 8.48. The van der Waals surface area contributed by atoms with Gasteiger partial charge in [0.15, 0.2) is 0 Å². The Hall–Kier alpha value is -3.46. The Labute approximate surface area is 185 Å². The number of hydrogen-bond acceptors (Lipinski definition) is 7. The molecule has 3 aromatic rings. The molecule has 2 aromatic heterocycles. The van der Waals surface area contributed by atoms with Crippen LogP contribution in [0.25, 0.3) is 22.4 Å². The van der Waals surface area contributed by atoms with Crippen molar-refractivity contribution in [2.24, 2.45) is 5.73 Å². The number of phenols is 1. The van der Waals surface area contributed by atoms with Gasteiger partial charge >= 0.3 is 0 Å². The van der Waals surface area contributed by atoms with Crippen molar-refractivity contribution in [1.82, 2.24) is 25.3 Å². The number of aromatic nitrogens is 4. The Kier molecular flexibility index (Phi) is 5.48. The average Bonchev–Trinajstić information content (AvgIpc) is 3.42. The van der Waals surface area contributed by atoms with E-state index in [2.05, 4.69) is 20.4 Å². The number of carbonyl (C=O) groups excluding carboxylic acids is 1. The first-order valence-corrected chi connectivity index (χ1v) is 11.0. The molecule has 32 heavy (non-hydrogen) atoms. The van der Waals surface area contributed by atoms with Gasteiger partial charge in [-0.3, -0.25) is 9.89 Å². The van der Waals surface area contributed by atoms with Crippen LogP contribution in [0.5, 0.6) is 11.6 Å². The van der Waals surface area contributed by atoms with Crippen LogP contribution in [0, 0.1) is 0 Å². The number of benzene rings is 1. The maximum atomic E-state index is 12.4. The predicted molar refractivity (Wildman–Crippen MR) is 118 cm³/mol. The van der Waals surface area contributed by atoms with E-state index in [4.69, 9.17) is 10.5 Å². The van der Waals surface area contributed by atoms with Gasteiger partial charge in [-0.15, -0.1) is 10.2 Å². The molecule has 0 aliphatic carbocycles. The zero-order chi connectivity index (χ0) is 22.1. The summed E-state index contributed by atoms with van der Waals surface area (Å²) in [6, 6.07) is 9.41. The molecule has 1 aromatic carbocycles. The van der Waals surface area contributed by atoms with E-state index in [1.165, 1.54) is 0 Å². The summed E-state index contributed by atoms with van der Waals surface area (Å²) in [5, 5.41) is 25.7. The first kappa shape index (κ1) is 20.4. The molecule has 5 rings (SSSR count). The topological polar surface area (TPSA) is 130 Å². The first-order valence-electron chi connectivity index (χ1n) is 11.0. The third-order valence-electron chi connectivity index (χ3n) is 6.37. The summed E-state index contributed by atoms with van der Waals surface area (Å²) in [7, 11) is 0. The maximum Gasteiger partial charge on any atom is 0.233 e. The summed E-state index contributed by atoms with van der Waals surface area (Å²) in [6.07, 6.45) is 7.51. The van der Waals surface area contributed by atoms with Gasteiger partial charge in [0, 0.05) is 61.3 Å². The fraction of sp³-hybridized carbons (Fsp3) is 0.391. The second-order valence-electron chi connectivity index (χ2n) is 8.41. The van der Waals surface area contributed by atoms with Crippen molar-refractivity contribution in [1.29, 1.82) is 0 Å². The smallest absolute Gasteiger partial charge is 0.233 e. The molecule has 3 atom stereocenters. The number of piperidine rings is 1. The minimum absolute atomic E-state index is 0.0113. The molecule has 1 amide bonds. The van der Waals surface area contributed by atoms with Crippen molar-refractivity contribution < 1.29 is 14.6 Å². The van der Waals surface area contributed by atoms with Gasteiger partial charge in [-0.25, -0.2) is 0 Å². The number of hydrogen-bond donors (Lipinski definition) is 3. The SMILES string of the molecule is NCCC(=O)N1[C@@H]2CC[C@H]1C[C@@H](Oc1ccc(-c3ccc(-c4cn[nH]c4)cc3O)nn1)C2. The highest BCUT2D eigenvalue weighted by Gasteiger charge is 2.43. The monoisotopic (exact) mass is 434 g/mol. The summed E-state index contributed by atoms with van der Waals surface area (Å²) >= 11 is 0. The predicted octanol–water partition coefficient (Wildman–Crippen LogP) is 2.49. The minimum Gasteiger partial charge on any atom is -0.507 e. The number of nitrogens with two attached hydrogens (primary N) is 1. The van der Waals surface area contributed by atoms with Crippen LogP contribution in [0.15, 0.2) is 42.7 Å². The molecular formula is C23H26N6O3. The number of aromatic amines is 1. The van der Waals surface area contributed by atoms with E-state index >= 15 is 0 Å². The molecule has 2 saturated heterocycles. The normalized spacial score (nSPS) is 22.2. The Bertz CT molecular complexity index is 1070. The lowest BCUT2D eigenvalue weighted by Crippen LogP contribution is -2.49. The summed E-state index contributed by atoms with van der Waals surface area (Å²) < 4.78 is 6.10. The van der Waals surface area contributed by atoms with Gasteiger partial charge in [-0.05, 0) is 36.6 Å². The van der Waals surface area contributed by atoms with Gasteiger partial charge in [-0.1, -0.05) is 6.07 Å². The maximum absolute atomic E-state index is 12.4. The molecule has 0 spiro atoms. The van der Waals surface area contributed by atoms with Gasteiger partial charge in [0.2, 0.25) is 11.8 Å². The van der Waals surface area contributed by atoms with Crippen molar-refractivity contribution >= 4 is 5.91 Å². The molecule has 4 N–H and O–H groups in total. The van der Waals surface area contributed by atoms with Gasteiger partial charge in [0.05, 0.1) is 11.9 Å². The molecular weight excluding hydrogens is 408 g/mol. The number of fused-ring (bicyclic) bond motifs is 2. The van der Waals surface area contributed by atoms with Crippen LogP contribution in [0.1, 0.15) is 32.1 Å². The Morgan fingerprint density at radius 2 is 1.97 bits per heavy atom. The number of phenolic OH excluding ortho intramolecular Hbond substituents is 1. The van der Waals surface area contributed by atoms with Crippen LogP contribution in [0.2, 0.25) is 0 Å². The molecule has 4 heterocycles. The molecule has 2 aliphatic rings. The second-order valence-corrected chi connectivity index (χ2v) is 8.41. The average molecular weight is 435 g/mol. The van der Waals surface area contributed by atoms with Crippen molar-refractivity contribution in [2.45, 2.75) is 50.3 Å². The Morgan fingerprint density at radius 3 is 2.59 bits per heavy atom. The number of aromatic hydroxyl groups is 1. The van der Waals surface area contributed by atoms with E-state index in [1.54, 1.807) is 30.6 Å². The Morgan fingerprint density at radius 1 is 1.16 bits per heavy atom. The molecule has 0 radical (unpaired) electrons. The van der Waals surface area contributed by atoms with Crippen molar-refractivity contribution in [2.75, 3.05) is 6.54 Å². The van der Waals surface area contributed by atoms with Gasteiger partial charge in [-0.2, -0.15) is 5.10 Å². The molecule has 2 aliphatic heterocycles. The first-order chi connectivity index (χ1) is 15.6. The van der Waals surface area contributed by atoms with Crippen LogP contribution < -0.4 is 10.5 Å². The van der Waals surface area contributed by atoms with E-state index in [1.807, 2.05) is 17.0 Å². The Balaban J connectivity index is 1.25. The number of ether oxygens (including phenoxy) is 1. The standard InChI is InChI=1S/C23H26N6O3/c24-8-7-23(31)29-16-2-3-17(29)11-18(10-16)32-22-6-5-20(27-28-22)19-4-1-14(9-21(19)30)15-12-25-26-13-15/h1,4-6,9,12-13,16-18,30H,2-3,7-8,10-11,24H2,(H,25,26)/t16-,17+,18+. The fourth-order valence-corrected chi connectivity index (χ4v) is 4.92. The number of amides is 1. The zero-order valence-corrected chi connectivity index (χ0v) is 17.6. The van der Waals surface area contributed by atoms with E-state index in [0.717, 1.165) is 36.8 Å². The molecule has 0 unspecified atom stereocenters. The van der Waals surface area contributed by atoms with Crippen LogP contribution >= 0.6 is 0 Å². The van der Waals surface area contributed by atoms with Gasteiger partial charge in [0.25, 0.3) is 0 Å². The fourth-order valence-electron chi connectivity index (χ4n) is 4.92. The lowest BCUT2D eigenvalue weighted by Gasteiger charge is -2.38. The van der Waals surface area contributed by atoms with Gasteiger partial charge < -0.3 is 20.5 Å². The van der Waals surface area contributed by atoms with Crippen LogP contribution in [-0.2, 0) is 4.79 Å². The highest BCUT2D eigenvalue weighted by atomic mass is 16.5. The van der Waals surface area contributed by atoms with E-state index in [-0.39, 0.29) is 29.8 Å². The summed E-state index contributed by atoms with van der Waals surface area (Å²) in [5.74, 6) is 0.730. The quantitative estimate of drug-likeness (QED) is 0.543. The number of nitrogens with zero attached hydrogens (tertiary/aromatic N) is 4. The lowest BCUT2D eigenvalue weighted by molar-refractivity contribution is -0.136. The van der Waals surface area contributed by atoms with E-state index in [9.17, 15) is 9.90 Å². The molecule has 2 fully saturated rings. The lowest BCUT2D eigenvalue weighted by atomic mass is 9.99. The van der Waals surface area contributed by atoms with Crippen molar-refractivity contribution in [3.63, 3.8) is 0 Å². The number of rotatable bonds is 6. The molecule has 0 saturated carbocycles. The third-order valence-corrected chi connectivity index (χ3v) is 6.37. The molecule has 2 bridgehead atoms. The van der Waals surface area contributed by atoms with Crippen LogP contribution in [-0.4, -0.2) is 61.0 Å². The summed E-state index contributed by atoms with van der Waals surface area (Å²) in [4.78, 5) is 14.4. The van der Waals surface area contributed by atoms with Crippen LogP contribution in [0.4, 0.5) is 0 Å². The number of nitrogens with one attached hydrogen (secondary N) is 1. The number of H-pyrrole nitrogens is 1. The van der Waals surface area contributed by atoms with Crippen molar-refractivity contribution in [3.05, 3.63) is 42.7 Å². The van der Waals surface area contributed by atoms with E-state index in [0.29, 0.717) is 30.1 Å². The molecule has 166 valence electrons. The molecule has 9 nitrogen and oxygen atoms in total. The second kappa shape index (κ2) is 8.58. The minimum atomic E-state index is 0.0113. The largest absolute Gasteiger partial charge is 0.507 e. The number of carbonyl (C=O) groups is 1. The van der Waals surface area contributed by atoms with Crippen molar-refractivity contribution in [3.8, 4) is 34.0 Å². The van der Waals surface area contributed by atoms with Gasteiger partial charge in [0.1, 0.15) is 11.9 Å². The third kappa shape index (κ3) is 3.91. The highest BCUT2D eigenvalue weighted by molar-refractivity contribution is 5.77. The van der Waals surface area contributed by atoms with Crippen LogP contribution in [0.3, 0.4) is 0 Å². The molecule has 9 heteroatoms. The summed E-state index contributed by atoms with van der Waals surface area (Å²) in [6.45, 7) is 0.387. The zero-order valence-electron chi connectivity index (χ0n) is 17.6.